The number of hydrogen-bond donors (Lipinski definition) is 0. The number of amides is 1. The second-order valence-corrected chi connectivity index (χ2v) is 9.39. The summed E-state index contributed by atoms with van der Waals surface area (Å²) in [6.07, 6.45) is 9.49. The Morgan fingerprint density at radius 1 is 0.903 bits per heavy atom. The normalized spacial score (nSPS) is 24.2. The molecule has 1 aliphatic carbocycles. The highest BCUT2D eigenvalue weighted by Gasteiger charge is 2.32. The van der Waals surface area contributed by atoms with E-state index in [1.165, 1.54) is 12.8 Å². The van der Waals surface area contributed by atoms with Gasteiger partial charge in [-0.1, -0.05) is 12.8 Å². The van der Waals surface area contributed by atoms with Crippen LogP contribution in [0.1, 0.15) is 51.0 Å². The fraction of sp³-hybridized carbons (Fsp3) is 0.625. The summed E-state index contributed by atoms with van der Waals surface area (Å²) in [5.74, 6) is 0.277. The molecule has 3 fully saturated rings. The van der Waals surface area contributed by atoms with E-state index in [9.17, 15) is 9.59 Å². The lowest BCUT2D eigenvalue weighted by Crippen LogP contribution is -2.54. The maximum absolute atomic E-state index is 13.0. The molecule has 0 radical (unpaired) electrons. The number of piperazine rings is 1. The Hall–Kier alpha value is -2.41. The van der Waals surface area contributed by atoms with Crippen molar-refractivity contribution in [3.8, 4) is 0 Å². The third-order valence-electron chi connectivity index (χ3n) is 7.49. The summed E-state index contributed by atoms with van der Waals surface area (Å²) >= 11 is 0. The van der Waals surface area contributed by atoms with Crippen LogP contribution in [0.25, 0.3) is 10.9 Å². The number of aromatic nitrogens is 2. The Morgan fingerprint density at radius 2 is 1.65 bits per heavy atom. The van der Waals surface area contributed by atoms with E-state index in [2.05, 4.69) is 26.9 Å². The first kappa shape index (κ1) is 20.5. The summed E-state index contributed by atoms with van der Waals surface area (Å²) in [4.78, 5) is 36.9. The van der Waals surface area contributed by atoms with Gasteiger partial charge in [0.05, 0.1) is 23.3 Å². The number of anilines is 1. The maximum atomic E-state index is 13.0. The van der Waals surface area contributed by atoms with Gasteiger partial charge in [0, 0.05) is 51.5 Å². The molecule has 3 heterocycles. The zero-order chi connectivity index (χ0) is 21.4. The van der Waals surface area contributed by atoms with Crippen molar-refractivity contribution in [2.45, 2.75) is 57.0 Å². The lowest BCUT2D eigenvalue weighted by molar-refractivity contribution is -0.135. The van der Waals surface area contributed by atoms with Crippen LogP contribution in [0.5, 0.6) is 0 Å². The molecular weight excluding hydrogens is 390 g/mol. The van der Waals surface area contributed by atoms with Gasteiger partial charge in [0.25, 0.3) is 5.56 Å². The molecular formula is C24H33N5O2. The molecule has 31 heavy (non-hydrogen) atoms. The predicted octanol–water partition coefficient (Wildman–Crippen LogP) is 2.64. The van der Waals surface area contributed by atoms with Gasteiger partial charge in [-0.15, -0.1) is 0 Å². The van der Waals surface area contributed by atoms with Gasteiger partial charge in [-0.3, -0.25) is 19.1 Å². The summed E-state index contributed by atoms with van der Waals surface area (Å²) in [6, 6.07) is 6.40. The van der Waals surface area contributed by atoms with E-state index < -0.39 is 0 Å². The van der Waals surface area contributed by atoms with Gasteiger partial charge in [0.2, 0.25) is 5.91 Å². The minimum Gasteiger partial charge on any atom is -0.369 e. The third kappa shape index (κ3) is 3.95. The van der Waals surface area contributed by atoms with Crippen molar-refractivity contribution in [1.82, 2.24) is 19.4 Å². The van der Waals surface area contributed by atoms with Crippen molar-refractivity contribution in [3.05, 3.63) is 34.9 Å². The van der Waals surface area contributed by atoms with Crippen LogP contribution in [0.4, 0.5) is 5.69 Å². The van der Waals surface area contributed by atoms with Crippen molar-refractivity contribution in [2.24, 2.45) is 0 Å². The molecule has 3 aliphatic rings. The smallest absolute Gasteiger partial charge is 0.261 e. The molecule has 1 saturated carbocycles. The quantitative estimate of drug-likeness (QED) is 0.760. The van der Waals surface area contributed by atoms with Crippen molar-refractivity contribution in [1.29, 1.82) is 0 Å². The monoisotopic (exact) mass is 423 g/mol. The van der Waals surface area contributed by atoms with Gasteiger partial charge in [-0.25, -0.2) is 4.98 Å². The van der Waals surface area contributed by atoms with Gasteiger partial charge in [-0.2, -0.15) is 0 Å². The topological polar surface area (TPSA) is 61.7 Å². The Morgan fingerprint density at radius 3 is 2.42 bits per heavy atom. The molecule has 0 bridgehead atoms. The van der Waals surface area contributed by atoms with Crippen LogP contribution in [0.15, 0.2) is 29.3 Å². The second-order valence-electron chi connectivity index (χ2n) is 9.39. The Bertz CT molecular complexity index is 1000. The first-order valence-electron chi connectivity index (χ1n) is 11.9. The van der Waals surface area contributed by atoms with E-state index in [0.717, 1.165) is 76.0 Å². The maximum Gasteiger partial charge on any atom is 0.261 e. The third-order valence-corrected chi connectivity index (χ3v) is 7.49. The Labute approximate surface area is 183 Å². The van der Waals surface area contributed by atoms with Crippen LogP contribution in [-0.2, 0) is 4.79 Å². The number of carbonyl (C=O) groups excluding carboxylic acids is 1. The molecule has 7 nitrogen and oxygen atoms in total. The molecule has 0 spiro atoms. The number of likely N-dealkylation sites (tertiary alicyclic amines) is 1. The largest absolute Gasteiger partial charge is 0.369 e. The standard InChI is InChI=1S/C24H33N5O2/c1-26-11-5-4-8-22(24(26)31)28-14-12-27(13-15-28)19-9-10-20-21(16-19)25-17-29(23(20)30)18-6-2-3-7-18/h9-10,16-18,22H,2-8,11-15H2,1H3. The van der Waals surface area contributed by atoms with Crippen LogP contribution in [0.3, 0.4) is 0 Å². The van der Waals surface area contributed by atoms with Crippen LogP contribution >= 0.6 is 0 Å². The van der Waals surface area contributed by atoms with E-state index >= 15 is 0 Å². The van der Waals surface area contributed by atoms with Gasteiger partial charge >= 0.3 is 0 Å². The number of fused-ring (bicyclic) bond motifs is 1. The highest BCUT2D eigenvalue weighted by atomic mass is 16.2. The van der Waals surface area contributed by atoms with Crippen LogP contribution in [0, 0.1) is 0 Å². The van der Waals surface area contributed by atoms with E-state index in [1.54, 1.807) is 6.33 Å². The Kier molecular flexibility index (Phi) is 5.69. The summed E-state index contributed by atoms with van der Waals surface area (Å²) in [7, 11) is 1.93. The number of hydrogen-bond acceptors (Lipinski definition) is 5. The SMILES string of the molecule is CN1CCCCC(N2CCN(c3ccc4c(=O)n(C5CCCC5)cnc4c3)CC2)C1=O. The molecule has 1 aromatic heterocycles. The summed E-state index contributed by atoms with van der Waals surface area (Å²) in [6.45, 7) is 4.43. The van der Waals surface area contributed by atoms with Gasteiger partial charge in [0.1, 0.15) is 0 Å². The fourth-order valence-corrected chi connectivity index (χ4v) is 5.57. The lowest BCUT2D eigenvalue weighted by atomic mass is 10.1. The molecule has 166 valence electrons. The molecule has 1 atom stereocenters. The molecule has 2 saturated heterocycles. The summed E-state index contributed by atoms with van der Waals surface area (Å²) in [5, 5.41) is 0.712. The van der Waals surface area contributed by atoms with Gasteiger partial charge in [-0.05, 0) is 50.3 Å². The number of nitrogens with zero attached hydrogens (tertiary/aromatic N) is 5. The van der Waals surface area contributed by atoms with E-state index in [1.807, 2.05) is 22.6 Å². The van der Waals surface area contributed by atoms with Gasteiger partial charge < -0.3 is 9.80 Å². The molecule has 7 heteroatoms. The molecule has 2 aromatic rings. The second kappa shape index (κ2) is 8.61. The van der Waals surface area contributed by atoms with Crippen LogP contribution < -0.4 is 10.5 Å². The zero-order valence-electron chi connectivity index (χ0n) is 18.5. The minimum absolute atomic E-state index is 0.0296. The number of rotatable bonds is 3. The number of benzene rings is 1. The molecule has 1 unspecified atom stereocenters. The molecule has 5 rings (SSSR count). The predicted molar refractivity (Wildman–Crippen MR) is 123 cm³/mol. The highest BCUT2D eigenvalue weighted by molar-refractivity contribution is 5.82. The van der Waals surface area contributed by atoms with Crippen molar-refractivity contribution in [2.75, 3.05) is 44.7 Å². The zero-order valence-corrected chi connectivity index (χ0v) is 18.5. The average Bonchev–Trinajstić information content (AvgIpc) is 3.28. The van der Waals surface area contributed by atoms with E-state index in [4.69, 9.17) is 0 Å². The lowest BCUT2D eigenvalue weighted by Gasteiger charge is -2.40. The average molecular weight is 424 g/mol. The van der Waals surface area contributed by atoms with E-state index in [-0.39, 0.29) is 17.5 Å². The van der Waals surface area contributed by atoms with Crippen molar-refractivity contribution in [3.63, 3.8) is 0 Å². The van der Waals surface area contributed by atoms with Crippen LogP contribution in [0.2, 0.25) is 0 Å². The van der Waals surface area contributed by atoms with Crippen LogP contribution in [-0.4, -0.2) is 71.1 Å². The molecule has 1 amide bonds. The molecule has 2 aliphatic heterocycles. The number of carbonyl (C=O) groups is 1. The Balaban J connectivity index is 1.30. The first-order valence-corrected chi connectivity index (χ1v) is 11.9. The van der Waals surface area contributed by atoms with Crippen molar-refractivity contribution < 1.29 is 4.79 Å². The molecule has 1 aromatic carbocycles. The summed E-state index contributed by atoms with van der Waals surface area (Å²) < 4.78 is 1.84. The molecule has 0 N–H and O–H groups in total. The minimum atomic E-state index is 0.0296. The summed E-state index contributed by atoms with van der Waals surface area (Å²) in [5.41, 5.74) is 1.98. The van der Waals surface area contributed by atoms with E-state index in [0.29, 0.717) is 11.4 Å². The first-order chi connectivity index (χ1) is 15.1. The fourth-order valence-electron chi connectivity index (χ4n) is 5.57. The van der Waals surface area contributed by atoms with Gasteiger partial charge in [0.15, 0.2) is 0 Å². The number of likely N-dealkylation sites (N-methyl/N-ethyl adjacent to an activating group) is 1. The van der Waals surface area contributed by atoms with Crippen molar-refractivity contribution >= 4 is 22.5 Å². The highest BCUT2D eigenvalue weighted by Crippen LogP contribution is 2.29.